The molecule has 1 N–H and O–H groups in total. The Kier molecular flexibility index (Phi) is 4.97. The Labute approximate surface area is 174 Å². The van der Waals surface area contributed by atoms with Crippen molar-refractivity contribution in [3.05, 3.63) is 48.0 Å². The highest BCUT2D eigenvalue weighted by Gasteiger charge is 2.37. The lowest BCUT2D eigenvalue weighted by Crippen LogP contribution is -2.48. The molecule has 0 bridgehead atoms. The van der Waals surface area contributed by atoms with Gasteiger partial charge in [0, 0.05) is 40.8 Å². The van der Waals surface area contributed by atoms with E-state index in [9.17, 15) is 18.7 Å². The standard InChI is InChI=1S/C24H26F2N2O2/c25-16-6-8-22-20(11-16)21-12-17(26)7-9-23(21)28(22)14-18(29)13-27-10-2-5-19(24(27)30)15-3-1-4-15/h6-9,11-12,15,18-19,29H,1-5,10,13-14H2. The summed E-state index contributed by atoms with van der Waals surface area (Å²) in [6.07, 6.45) is 4.67. The van der Waals surface area contributed by atoms with Crippen LogP contribution < -0.4 is 0 Å². The minimum atomic E-state index is -0.761. The number of β-amino-alcohol motifs (C(OH)–C–C–N with tert-alkyl or cyclic N) is 1. The maximum Gasteiger partial charge on any atom is 0.226 e. The van der Waals surface area contributed by atoms with Crippen molar-refractivity contribution in [3.8, 4) is 0 Å². The maximum absolute atomic E-state index is 13.8. The summed E-state index contributed by atoms with van der Waals surface area (Å²) in [5.74, 6) is 0.0365. The molecular formula is C24H26F2N2O2. The van der Waals surface area contributed by atoms with Gasteiger partial charge in [-0.25, -0.2) is 8.78 Å². The number of rotatable bonds is 5. The van der Waals surface area contributed by atoms with Crippen LogP contribution in [0.1, 0.15) is 32.1 Å². The van der Waals surface area contributed by atoms with Crippen molar-refractivity contribution in [2.24, 2.45) is 11.8 Å². The number of aliphatic hydroxyl groups is 1. The van der Waals surface area contributed by atoms with Gasteiger partial charge in [-0.15, -0.1) is 0 Å². The van der Waals surface area contributed by atoms with Gasteiger partial charge in [0.2, 0.25) is 5.91 Å². The van der Waals surface area contributed by atoms with E-state index in [1.54, 1.807) is 12.1 Å². The number of benzene rings is 2. The van der Waals surface area contributed by atoms with E-state index in [0.29, 0.717) is 23.2 Å². The van der Waals surface area contributed by atoms with E-state index in [1.807, 2.05) is 9.47 Å². The first kappa shape index (κ1) is 19.5. The molecule has 1 amide bonds. The van der Waals surface area contributed by atoms with Crippen LogP contribution in [0.5, 0.6) is 0 Å². The van der Waals surface area contributed by atoms with Crippen molar-refractivity contribution in [1.29, 1.82) is 0 Å². The van der Waals surface area contributed by atoms with E-state index in [4.69, 9.17) is 0 Å². The predicted molar refractivity (Wildman–Crippen MR) is 112 cm³/mol. The van der Waals surface area contributed by atoms with Gasteiger partial charge in [0.1, 0.15) is 11.6 Å². The molecule has 4 nitrogen and oxygen atoms in total. The van der Waals surface area contributed by atoms with Crippen molar-refractivity contribution in [2.75, 3.05) is 13.1 Å². The minimum absolute atomic E-state index is 0.110. The van der Waals surface area contributed by atoms with Gasteiger partial charge in [0.25, 0.3) is 0 Å². The minimum Gasteiger partial charge on any atom is -0.389 e. The quantitative estimate of drug-likeness (QED) is 0.672. The Balaban J connectivity index is 1.40. The fourth-order valence-electron chi connectivity index (χ4n) is 5.20. The first-order valence-electron chi connectivity index (χ1n) is 10.8. The highest BCUT2D eigenvalue weighted by atomic mass is 19.1. The van der Waals surface area contributed by atoms with Crippen LogP contribution in [-0.2, 0) is 11.3 Å². The van der Waals surface area contributed by atoms with Crippen LogP contribution >= 0.6 is 0 Å². The average molecular weight is 412 g/mol. The second-order valence-electron chi connectivity index (χ2n) is 8.81. The molecule has 1 aliphatic heterocycles. The van der Waals surface area contributed by atoms with Gasteiger partial charge in [0.05, 0.1) is 12.6 Å². The number of hydrogen-bond donors (Lipinski definition) is 1. The molecule has 1 saturated carbocycles. The molecule has 0 spiro atoms. The summed E-state index contributed by atoms with van der Waals surface area (Å²) in [7, 11) is 0. The van der Waals surface area contributed by atoms with Crippen molar-refractivity contribution in [3.63, 3.8) is 0 Å². The van der Waals surface area contributed by atoms with Gasteiger partial charge in [-0.1, -0.05) is 6.42 Å². The second-order valence-corrected chi connectivity index (χ2v) is 8.81. The Hall–Kier alpha value is -2.47. The molecule has 1 aliphatic carbocycles. The number of amides is 1. The van der Waals surface area contributed by atoms with Crippen LogP contribution in [0.2, 0.25) is 0 Å². The number of halogens is 2. The molecule has 2 aliphatic rings. The van der Waals surface area contributed by atoms with E-state index >= 15 is 0 Å². The Morgan fingerprint density at radius 1 is 0.933 bits per heavy atom. The zero-order chi connectivity index (χ0) is 20.8. The number of fused-ring (bicyclic) bond motifs is 3. The third kappa shape index (κ3) is 3.37. The van der Waals surface area contributed by atoms with Crippen LogP contribution in [0.25, 0.3) is 21.8 Å². The molecule has 2 fully saturated rings. The summed E-state index contributed by atoms with van der Waals surface area (Å²) >= 11 is 0. The van der Waals surface area contributed by atoms with Crippen LogP contribution in [-0.4, -0.2) is 39.7 Å². The third-order valence-corrected chi connectivity index (χ3v) is 6.90. The molecule has 0 radical (unpaired) electrons. The highest BCUT2D eigenvalue weighted by molar-refractivity contribution is 6.08. The second kappa shape index (κ2) is 7.65. The predicted octanol–water partition coefficient (Wildman–Crippen LogP) is 4.47. The first-order valence-corrected chi connectivity index (χ1v) is 10.8. The molecule has 2 atom stereocenters. The number of aromatic nitrogens is 1. The van der Waals surface area contributed by atoms with Gasteiger partial charge < -0.3 is 14.6 Å². The molecule has 1 saturated heterocycles. The first-order chi connectivity index (χ1) is 14.5. The smallest absolute Gasteiger partial charge is 0.226 e. The van der Waals surface area contributed by atoms with Gasteiger partial charge in [0.15, 0.2) is 0 Å². The van der Waals surface area contributed by atoms with Crippen LogP contribution in [0.15, 0.2) is 36.4 Å². The van der Waals surface area contributed by atoms with Crippen molar-refractivity contribution in [2.45, 2.75) is 44.8 Å². The molecular weight excluding hydrogens is 386 g/mol. The van der Waals surface area contributed by atoms with Crippen molar-refractivity contribution < 1.29 is 18.7 Å². The zero-order valence-corrected chi connectivity index (χ0v) is 16.9. The van der Waals surface area contributed by atoms with Crippen molar-refractivity contribution in [1.82, 2.24) is 9.47 Å². The van der Waals surface area contributed by atoms with Gasteiger partial charge in [-0.2, -0.15) is 0 Å². The Morgan fingerprint density at radius 3 is 2.13 bits per heavy atom. The molecule has 6 heteroatoms. The maximum atomic E-state index is 13.8. The molecule has 2 heterocycles. The lowest BCUT2D eigenvalue weighted by molar-refractivity contribution is -0.143. The summed E-state index contributed by atoms with van der Waals surface area (Å²) in [5, 5.41) is 12.1. The van der Waals surface area contributed by atoms with E-state index in [1.165, 1.54) is 30.7 Å². The normalized spacial score (nSPS) is 21.4. The van der Waals surface area contributed by atoms with Crippen molar-refractivity contribution >= 4 is 27.7 Å². The monoisotopic (exact) mass is 412 g/mol. The van der Waals surface area contributed by atoms with Gasteiger partial charge in [-0.05, 0) is 68.0 Å². The lowest BCUT2D eigenvalue weighted by atomic mass is 9.72. The van der Waals surface area contributed by atoms with E-state index in [-0.39, 0.29) is 36.5 Å². The molecule has 3 aromatic rings. The molecule has 1 aromatic heterocycles. The topological polar surface area (TPSA) is 45.5 Å². The van der Waals surface area contributed by atoms with Gasteiger partial charge >= 0.3 is 0 Å². The molecule has 158 valence electrons. The van der Waals surface area contributed by atoms with Gasteiger partial charge in [-0.3, -0.25) is 4.79 Å². The number of nitrogens with zero attached hydrogens (tertiary/aromatic N) is 2. The zero-order valence-electron chi connectivity index (χ0n) is 16.9. The Morgan fingerprint density at radius 2 is 1.57 bits per heavy atom. The molecule has 30 heavy (non-hydrogen) atoms. The summed E-state index contributed by atoms with van der Waals surface area (Å²) in [6.45, 7) is 1.23. The van der Waals surface area contributed by atoms with E-state index in [0.717, 1.165) is 36.7 Å². The summed E-state index contributed by atoms with van der Waals surface area (Å²) in [6, 6.07) is 8.87. The largest absolute Gasteiger partial charge is 0.389 e. The SMILES string of the molecule is O=C1C(C2CCC2)CCCN1CC(O)Cn1c2ccc(F)cc2c2cc(F)ccc21. The number of piperidine rings is 1. The summed E-state index contributed by atoms with van der Waals surface area (Å²) in [4.78, 5) is 14.7. The average Bonchev–Trinajstić information content (AvgIpc) is 2.96. The van der Waals surface area contributed by atoms with E-state index < -0.39 is 6.10 Å². The summed E-state index contributed by atoms with van der Waals surface area (Å²) in [5.41, 5.74) is 1.49. The number of carbonyl (C=O) groups excluding carboxylic acids is 1. The fourth-order valence-corrected chi connectivity index (χ4v) is 5.20. The van der Waals surface area contributed by atoms with Crippen LogP contribution in [0.3, 0.4) is 0 Å². The Bertz CT molecular complexity index is 1050. The fraction of sp³-hybridized carbons (Fsp3) is 0.458. The summed E-state index contributed by atoms with van der Waals surface area (Å²) < 4.78 is 29.6. The van der Waals surface area contributed by atoms with E-state index in [2.05, 4.69) is 0 Å². The molecule has 2 aromatic carbocycles. The molecule has 5 rings (SSSR count). The highest BCUT2D eigenvalue weighted by Crippen LogP contribution is 2.38. The number of aliphatic hydroxyl groups excluding tert-OH is 1. The van der Waals surface area contributed by atoms with Crippen LogP contribution in [0.4, 0.5) is 8.78 Å². The number of likely N-dealkylation sites (tertiary alicyclic amines) is 1. The molecule has 2 unspecified atom stereocenters. The lowest BCUT2D eigenvalue weighted by Gasteiger charge is -2.40. The number of carbonyl (C=O) groups is 1. The van der Waals surface area contributed by atoms with Crippen LogP contribution in [0, 0.1) is 23.5 Å². The number of hydrogen-bond acceptors (Lipinski definition) is 2. The third-order valence-electron chi connectivity index (χ3n) is 6.90.